The van der Waals surface area contributed by atoms with Crippen LogP contribution in [-0.4, -0.2) is 38.0 Å². The number of nitrogens with zero attached hydrogens (tertiary/aromatic N) is 2. The van der Waals surface area contributed by atoms with Crippen molar-refractivity contribution in [3.8, 4) is 0 Å². The van der Waals surface area contributed by atoms with Crippen LogP contribution in [-0.2, 0) is 0 Å². The summed E-state index contributed by atoms with van der Waals surface area (Å²) in [6.07, 6.45) is 14.7. The van der Waals surface area contributed by atoms with Gasteiger partial charge in [0.05, 0.1) is 5.69 Å². The number of carbonyl (C=O) groups is 1. The number of hydrogen-bond acceptors (Lipinski definition) is 5. The summed E-state index contributed by atoms with van der Waals surface area (Å²) < 4.78 is 0. The fourth-order valence-corrected chi connectivity index (χ4v) is 4.90. The van der Waals surface area contributed by atoms with Crippen LogP contribution in [0.2, 0.25) is 0 Å². The third-order valence-corrected chi connectivity index (χ3v) is 7.01. The summed E-state index contributed by atoms with van der Waals surface area (Å²) in [6.45, 7) is 18.4. The second-order valence-electron chi connectivity index (χ2n) is 10.9. The molecule has 0 saturated heterocycles. The van der Waals surface area contributed by atoms with Gasteiger partial charge >= 0.3 is 0 Å². The average molecular weight is 543 g/mol. The van der Waals surface area contributed by atoms with Crippen LogP contribution in [0.15, 0.2) is 60.1 Å². The van der Waals surface area contributed by atoms with E-state index in [4.69, 9.17) is 0 Å². The first kappa shape index (κ1) is 32.8. The predicted molar refractivity (Wildman–Crippen MR) is 174 cm³/mol. The van der Waals surface area contributed by atoms with Gasteiger partial charge in [-0.2, -0.15) is 0 Å². The van der Waals surface area contributed by atoms with Crippen LogP contribution in [0.4, 0.5) is 5.69 Å². The molecule has 0 unspecified atom stereocenters. The molecule has 0 fully saturated rings. The van der Waals surface area contributed by atoms with Gasteiger partial charge in [0.25, 0.3) is 0 Å². The Hall–Kier alpha value is -3.44. The van der Waals surface area contributed by atoms with Crippen LogP contribution in [0.25, 0.3) is 11.6 Å². The topological polar surface area (TPSA) is 57.3 Å². The molecule has 0 bridgehead atoms. The van der Waals surface area contributed by atoms with Gasteiger partial charge in [0.1, 0.15) is 0 Å². The van der Waals surface area contributed by atoms with Gasteiger partial charge in [0.15, 0.2) is 5.78 Å². The Morgan fingerprint density at radius 2 is 1.77 bits per heavy atom. The number of ketones is 1. The van der Waals surface area contributed by atoms with Crippen molar-refractivity contribution < 1.29 is 4.79 Å². The van der Waals surface area contributed by atoms with Gasteiger partial charge in [-0.1, -0.05) is 44.6 Å². The molecule has 1 heterocycles. The first-order valence-corrected chi connectivity index (χ1v) is 14.4. The lowest BCUT2D eigenvalue weighted by atomic mass is 9.89. The molecule has 0 radical (unpaired) electrons. The van der Waals surface area contributed by atoms with E-state index in [2.05, 4.69) is 113 Å². The maximum atomic E-state index is 12.0. The van der Waals surface area contributed by atoms with Crippen LogP contribution >= 0.6 is 0 Å². The molecule has 1 aromatic carbocycles. The maximum absolute atomic E-state index is 12.0. The van der Waals surface area contributed by atoms with E-state index in [0.717, 1.165) is 65.3 Å². The normalized spacial score (nSPS) is 12.9. The Morgan fingerprint density at radius 1 is 1.10 bits per heavy atom. The molecule has 5 heteroatoms. The molecule has 0 aliphatic heterocycles. The van der Waals surface area contributed by atoms with Crippen LogP contribution in [0.5, 0.6) is 0 Å². The van der Waals surface area contributed by atoms with E-state index in [0.29, 0.717) is 5.92 Å². The van der Waals surface area contributed by atoms with Gasteiger partial charge in [0.2, 0.25) is 0 Å². The van der Waals surface area contributed by atoms with Crippen molar-refractivity contribution in [2.24, 2.45) is 5.92 Å². The molecule has 0 amide bonds. The number of allylic oxidation sites excluding steroid dienone is 4. The van der Waals surface area contributed by atoms with Crippen molar-refractivity contribution in [1.29, 1.82) is 0 Å². The molecule has 2 aromatic rings. The maximum Gasteiger partial charge on any atom is 0.159 e. The van der Waals surface area contributed by atoms with E-state index in [-0.39, 0.29) is 5.78 Å². The van der Waals surface area contributed by atoms with Gasteiger partial charge in [-0.3, -0.25) is 9.78 Å². The van der Waals surface area contributed by atoms with Gasteiger partial charge in [0, 0.05) is 55.6 Å². The van der Waals surface area contributed by atoms with E-state index >= 15 is 0 Å². The number of pyridine rings is 1. The lowest BCUT2D eigenvalue weighted by Gasteiger charge is -2.19. The number of aryl methyl sites for hydroxylation is 3. The molecular formula is C35H50N4O. The first-order valence-electron chi connectivity index (χ1n) is 14.4. The zero-order valence-corrected chi connectivity index (χ0v) is 26.4. The molecule has 0 atom stereocenters. The monoisotopic (exact) mass is 542 g/mol. The third kappa shape index (κ3) is 9.63. The number of anilines is 1. The number of nitrogens with one attached hydrogen (secondary N) is 2. The Bertz CT molecular complexity index is 1260. The fourth-order valence-electron chi connectivity index (χ4n) is 4.90. The summed E-state index contributed by atoms with van der Waals surface area (Å²) in [5, 5.41) is 6.70. The average Bonchev–Trinajstić information content (AvgIpc) is 2.89. The zero-order chi connectivity index (χ0) is 29.8. The van der Waals surface area contributed by atoms with Crippen molar-refractivity contribution in [1.82, 2.24) is 15.6 Å². The second kappa shape index (κ2) is 16.0. The number of hydrogen-bond donors (Lipinski definition) is 2. The molecular weight excluding hydrogens is 492 g/mol. The van der Waals surface area contributed by atoms with Gasteiger partial charge in [-0.25, -0.2) is 0 Å². The second-order valence-corrected chi connectivity index (χ2v) is 10.9. The SMILES string of the molecule is CCNC/C=C(\CC/C(C)=C/c1c(N(C)/C=C\C(=C/C(C)C)NC)ccnc1C)c1c(C)cc(C(C)=O)cc1C. The number of Topliss-reactive ketones (excluding diaryl/α,β-unsaturated/α-hetero) is 1. The van der Waals surface area contributed by atoms with Crippen molar-refractivity contribution in [3.05, 3.63) is 93.6 Å². The molecule has 2 rings (SSSR count). The molecule has 1 aromatic heterocycles. The Kier molecular flexibility index (Phi) is 13.1. The van der Waals surface area contributed by atoms with Crippen LogP contribution < -0.4 is 15.5 Å². The van der Waals surface area contributed by atoms with Gasteiger partial charge in [-0.05, 0) is 106 Å². The highest BCUT2D eigenvalue weighted by atomic mass is 16.1. The molecule has 0 aliphatic carbocycles. The highest BCUT2D eigenvalue weighted by Crippen LogP contribution is 2.31. The van der Waals surface area contributed by atoms with Gasteiger partial charge < -0.3 is 15.5 Å². The van der Waals surface area contributed by atoms with Gasteiger partial charge in [-0.15, -0.1) is 0 Å². The highest BCUT2D eigenvalue weighted by Gasteiger charge is 2.13. The Labute approximate surface area is 243 Å². The summed E-state index contributed by atoms with van der Waals surface area (Å²) >= 11 is 0. The summed E-state index contributed by atoms with van der Waals surface area (Å²) in [5.74, 6) is 0.577. The van der Waals surface area contributed by atoms with Crippen LogP contribution in [0.1, 0.15) is 85.8 Å². The first-order chi connectivity index (χ1) is 19.0. The summed E-state index contributed by atoms with van der Waals surface area (Å²) in [6, 6.07) is 6.13. The number of aromatic nitrogens is 1. The minimum Gasteiger partial charge on any atom is -0.388 e. The van der Waals surface area contributed by atoms with E-state index in [1.54, 1.807) is 6.92 Å². The molecule has 0 aliphatic rings. The quantitative estimate of drug-likeness (QED) is 0.145. The zero-order valence-electron chi connectivity index (χ0n) is 26.4. The fraction of sp³-hybridized carbons (Fsp3) is 0.429. The molecule has 40 heavy (non-hydrogen) atoms. The number of benzene rings is 1. The number of rotatable bonds is 14. The molecule has 5 nitrogen and oxygen atoms in total. The largest absolute Gasteiger partial charge is 0.388 e. The minimum absolute atomic E-state index is 0.107. The molecule has 2 N–H and O–H groups in total. The molecule has 216 valence electrons. The van der Waals surface area contributed by atoms with Crippen molar-refractivity contribution in [2.75, 3.05) is 32.1 Å². The number of likely N-dealkylation sites (N-methyl/N-ethyl adjacent to an activating group) is 2. The Morgan fingerprint density at radius 3 is 2.35 bits per heavy atom. The van der Waals surface area contributed by atoms with Crippen LogP contribution in [0, 0.1) is 26.7 Å². The molecule has 0 spiro atoms. The van der Waals surface area contributed by atoms with Crippen molar-refractivity contribution >= 4 is 23.1 Å². The van der Waals surface area contributed by atoms with Crippen molar-refractivity contribution in [3.63, 3.8) is 0 Å². The predicted octanol–water partition coefficient (Wildman–Crippen LogP) is 7.80. The summed E-state index contributed by atoms with van der Waals surface area (Å²) in [5.41, 5.74) is 11.3. The van der Waals surface area contributed by atoms with Crippen LogP contribution in [0.3, 0.4) is 0 Å². The summed E-state index contributed by atoms with van der Waals surface area (Å²) in [4.78, 5) is 18.8. The van der Waals surface area contributed by atoms with E-state index < -0.39 is 0 Å². The Balaban J connectivity index is 2.36. The minimum atomic E-state index is 0.107. The number of carbonyl (C=O) groups excluding carboxylic acids is 1. The summed E-state index contributed by atoms with van der Waals surface area (Å²) in [7, 11) is 4.03. The van der Waals surface area contributed by atoms with Crippen molar-refractivity contribution in [2.45, 2.75) is 68.2 Å². The lowest BCUT2D eigenvalue weighted by molar-refractivity contribution is 0.101. The third-order valence-electron chi connectivity index (χ3n) is 7.01. The van der Waals surface area contributed by atoms with E-state index in [1.165, 1.54) is 16.7 Å². The molecule has 0 saturated carbocycles. The standard InChI is InChI=1S/C35H50N4O/c1-11-37-17-14-30(35-26(5)22-31(29(8)40)23-27(35)6)13-12-25(4)21-33-28(7)38-18-15-34(33)39(10)19-16-32(36-9)20-24(2)3/h14-16,18-24,36-37H,11-13,17H2,1-10H3/b19-16-,25-21+,30-14+,32-20+. The smallest absolute Gasteiger partial charge is 0.159 e. The lowest BCUT2D eigenvalue weighted by Crippen LogP contribution is -2.13. The van der Waals surface area contributed by atoms with E-state index in [1.807, 2.05) is 25.4 Å². The highest BCUT2D eigenvalue weighted by molar-refractivity contribution is 5.95. The van der Waals surface area contributed by atoms with E-state index in [9.17, 15) is 4.79 Å².